The Morgan fingerprint density at radius 2 is 1.95 bits per heavy atom. The van der Waals surface area contributed by atoms with Crippen molar-refractivity contribution in [1.29, 1.82) is 0 Å². The zero-order valence-electron chi connectivity index (χ0n) is 9.91. The highest BCUT2D eigenvalue weighted by atomic mass is 19.4. The van der Waals surface area contributed by atoms with E-state index < -0.39 is 11.7 Å². The summed E-state index contributed by atoms with van der Waals surface area (Å²) >= 11 is 0. The summed E-state index contributed by atoms with van der Waals surface area (Å²) in [7, 11) is 0. The summed E-state index contributed by atoms with van der Waals surface area (Å²) in [4.78, 5) is 6.97. The smallest absolute Gasteiger partial charge is 0.347 e. The maximum atomic E-state index is 12.4. The number of rotatable bonds is 4. The van der Waals surface area contributed by atoms with E-state index in [9.17, 15) is 13.2 Å². The van der Waals surface area contributed by atoms with Crippen LogP contribution in [-0.4, -0.2) is 9.97 Å². The lowest BCUT2D eigenvalue weighted by Gasteiger charge is -2.14. The first kappa shape index (κ1) is 13.6. The van der Waals surface area contributed by atoms with Crippen LogP contribution >= 0.6 is 0 Å². The number of H-pyrrole nitrogens is 1. The number of alkyl halides is 3. The summed E-state index contributed by atoms with van der Waals surface area (Å²) in [6.07, 6.45) is -0.619. The van der Waals surface area contributed by atoms with Gasteiger partial charge in [0, 0.05) is 12.4 Å². The van der Waals surface area contributed by atoms with E-state index in [1.165, 1.54) is 12.1 Å². The molecule has 1 atom stereocenters. The monoisotopic (exact) mass is 270 g/mol. The van der Waals surface area contributed by atoms with E-state index in [1.807, 2.05) is 0 Å². The van der Waals surface area contributed by atoms with Crippen LogP contribution in [0.1, 0.15) is 23.0 Å². The van der Waals surface area contributed by atoms with Gasteiger partial charge < -0.3 is 4.98 Å². The molecule has 0 bridgehead atoms. The van der Waals surface area contributed by atoms with Crippen LogP contribution in [0.3, 0.4) is 0 Å². The molecular formula is C12H13F3N4. The van der Waals surface area contributed by atoms with Crippen LogP contribution in [0.4, 0.5) is 13.2 Å². The number of nitrogens with zero attached hydrogens (tertiary/aromatic N) is 1. The highest BCUT2D eigenvalue weighted by Gasteiger charge is 2.30. The second-order valence-electron chi connectivity index (χ2n) is 4.09. The Morgan fingerprint density at radius 3 is 2.42 bits per heavy atom. The van der Waals surface area contributed by atoms with E-state index in [1.54, 1.807) is 12.4 Å². The van der Waals surface area contributed by atoms with Crippen molar-refractivity contribution in [1.82, 2.24) is 15.4 Å². The van der Waals surface area contributed by atoms with E-state index >= 15 is 0 Å². The normalized spacial score (nSPS) is 13.5. The van der Waals surface area contributed by atoms with E-state index in [0.717, 1.165) is 17.7 Å². The Bertz CT molecular complexity index is 505. The lowest BCUT2D eigenvalue weighted by Crippen LogP contribution is -2.30. The number of nitrogens with one attached hydrogen (secondary N) is 2. The second kappa shape index (κ2) is 5.41. The van der Waals surface area contributed by atoms with Crippen LogP contribution in [0.5, 0.6) is 0 Å². The Kier molecular flexibility index (Phi) is 3.87. The summed E-state index contributed by atoms with van der Waals surface area (Å²) in [5, 5.41) is 0. The van der Waals surface area contributed by atoms with Crippen LogP contribution < -0.4 is 11.3 Å². The molecule has 102 valence electrons. The standard InChI is InChI=1S/C12H13F3N4/c13-12(14,15)9-3-1-8(2-4-9)7-10(19-16)11-17-5-6-18-11/h1-6,10,19H,7,16H2,(H,17,18). The van der Waals surface area contributed by atoms with E-state index in [4.69, 9.17) is 5.84 Å². The Morgan fingerprint density at radius 1 is 1.26 bits per heavy atom. The van der Waals surface area contributed by atoms with Gasteiger partial charge in [0.05, 0.1) is 11.6 Å². The molecule has 2 aromatic rings. The number of hydrogen-bond acceptors (Lipinski definition) is 3. The Labute approximate surface area is 107 Å². The molecule has 4 nitrogen and oxygen atoms in total. The molecule has 4 N–H and O–H groups in total. The van der Waals surface area contributed by atoms with Gasteiger partial charge >= 0.3 is 6.18 Å². The molecule has 19 heavy (non-hydrogen) atoms. The van der Waals surface area contributed by atoms with Gasteiger partial charge in [0.1, 0.15) is 5.82 Å². The Hall–Kier alpha value is -1.86. The fourth-order valence-corrected chi connectivity index (χ4v) is 1.77. The van der Waals surface area contributed by atoms with Gasteiger partial charge in [-0.2, -0.15) is 13.2 Å². The molecule has 0 aliphatic carbocycles. The second-order valence-corrected chi connectivity index (χ2v) is 4.09. The molecule has 0 saturated carbocycles. The molecule has 0 fully saturated rings. The molecule has 0 saturated heterocycles. The largest absolute Gasteiger partial charge is 0.416 e. The topological polar surface area (TPSA) is 66.7 Å². The number of hydrogen-bond donors (Lipinski definition) is 3. The van der Waals surface area contributed by atoms with Crippen molar-refractivity contribution in [3.8, 4) is 0 Å². The van der Waals surface area contributed by atoms with Crippen LogP contribution in [0.15, 0.2) is 36.7 Å². The number of halogens is 3. The molecule has 0 amide bonds. The molecule has 1 heterocycles. The molecule has 1 aromatic heterocycles. The van der Waals surface area contributed by atoms with Crippen LogP contribution in [-0.2, 0) is 12.6 Å². The quantitative estimate of drug-likeness (QED) is 0.589. The molecule has 7 heteroatoms. The molecule has 0 radical (unpaired) electrons. The van der Waals surface area contributed by atoms with Crippen LogP contribution in [0.25, 0.3) is 0 Å². The highest BCUT2D eigenvalue weighted by molar-refractivity contribution is 5.25. The maximum absolute atomic E-state index is 12.4. The molecule has 2 rings (SSSR count). The third-order valence-electron chi connectivity index (χ3n) is 2.77. The average molecular weight is 270 g/mol. The van der Waals surface area contributed by atoms with Crippen molar-refractivity contribution < 1.29 is 13.2 Å². The number of nitrogens with two attached hydrogens (primary N) is 1. The van der Waals surface area contributed by atoms with Gasteiger partial charge in [-0.05, 0) is 24.1 Å². The minimum atomic E-state index is -4.31. The number of aromatic amines is 1. The Balaban J connectivity index is 2.11. The third-order valence-corrected chi connectivity index (χ3v) is 2.77. The van der Waals surface area contributed by atoms with Gasteiger partial charge in [-0.1, -0.05) is 12.1 Å². The number of aromatic nitrogens is 2. The van der Waals surface area contributed by atoms with Crippen LogP contribution in [0.2, 0.25) is 0 Å². The molecular weight excluding hydrogens is 257 g/mol. The number of benzene rings is 1. The number of imidazole rings is 1. The fourth-order valence-electron chi connectivity index (χ4n) is 1.77. The predicted molar refractivity (Wildman–Crippen MR) is 63.8 cm³/mol. The van der Waals surface area contributed by atoms with Crippen molar-refractivity contribution >= 4 is 0 Å². The molecule has 0 aliphatic rings. The van der Waals surface area contributed by atoms with E-state index in [0.29, 0.717) is 12.2 Å². The van der Waals surface area contributed by atoms with E-state index in [2.05, 4.69) is 15.4 Å². The molecule has 1 aromatic carbocycles. The van der Waals surface area contributed by atoms with Gasteiger partial charge in [-0.3, -0.25) is 5.84 Å². The highest BCUT2D eigenvalue weighted by Crippen LogP contribution is 2.29. The summed E-state index contributed by atoms with van der Waals surface area (Å²) in [5.74, 6) is 6.06. The maximum Gasteiger partial charge on any atom is 0.416 e. The zero-order chi connectivity index (χ0) is 13.9. The van der Waals surface area contributed by atoms with Crippen LogP contribution in [0, 0.1) is 0 Å². The first-order valence-electron chi connectivity index (χ1n) is 5.62. The van der Waals surface area contributed by atoms with Gasteiger partial charge in [0.15, 0.2) is 0 Å². The molecule has 0 spiro atoms. The minimum Gasteiger partial charge on any atom is -0.347 e. The summed E-state index contributed by atoms with van der Waals surface area (Å²) in [6, 6.07) is 4.73. The average Bonchev–Trinajstić information content (AvgIpc) is 2.89. The van der Waals surface area contributed by atoms with Crippen molar-refractivity contribution in [3.05, 3.63) is 53.6 Å². The number of hydrazine groups is 1. The van der Waals surface area contributed by atoms with Crippen molar-refractivity contribution in [2.75, 3.05) is 0 Å². The van der Waals surface area contributed by atoms with Gasteiger partial charge in [-0.15, -0.1) is 0 Å². The van der Waals surface area contributed by atoms with Crippen molar-refractivity contribution in [2.45, 2.75) is 18.6 Å². The van der Waals surface area contributed by atoms with Gasteiger partial charge in [0.2, 0.25) is 0 Å². The first-order valence-corrected chi connectivity index (χ1v) is 5.62. The van der Waals surface area contributed by atoms with Crippen molar-refractivity contribution in [3.63, 3.8) is 0 Å². The summed E-state index contributed by atoms with van der Waals surface area (Å²) in [6.45, 7) is 0. The van der Waals surface area contributed by atoms with Gasteiger partial charge in [-0.25, -0.2) is 10.4 Å². The molecule has 0 aliphatic heterocycles. The van der Waals surface area contributed by atoms with E-state index in [-0.39, 0.29) is 6.04 Å². The summed E-state index contributed by atoms with van der Waals surface area (Å²) in [5.41, 5.74) is 2.66. The lowest BCUT2D eigenvalue weighted by atomic mass is 10.0. The predicted octanol–water partition coefficient (Wildman–Crippen LogP) is 2.18. The lowest BCUT2D eigenvalue weighted by molar-refractivity contribution is -0.137. The van der Waals surface area contributed by atoms with Crippen molar-refractivity contribution in [2.24, 2.45) is 5.84 Å². The summed E-state index contributed by atoms with van der Waals surface area (Å²) < 4.78 is 37.3. The first-order chi connectivity index (χ1) is 9.00. The zero-order valence-corrected chi connectivity index (χ0v) is 9.91. The SMILES string of the molecule is NNC(Cc1ccc(C(F)(F)F)cc1)c1ncc[nH]1. The van der Waals surface area contributed by atoms with Gasteiger partial charge in [0.25, 0.3) is 0 Å². The fraction of sp³-hybridized carbons (Fsp3) is 0.250. The minimum absolute atomic E-state index is 0.272. The third kappa shape index (κ3) is 3.33. The molecule has 1 unspecified atom stereocenters.